The summed E-state index contributed by atoms with van der Waals surface area (Å²) in [4.78, 5) is 9.18. The van der Waals surface area contributed by atoms with Gasteiger partial charge in [0.2, 0.25) is 0 Å². The maximum Gasteiger partial charge on any atom is 0.125 e. The van der Waals surface area contributed by atoms with Crippen molar-refractivity contribution < 1.29 is 0 Å². The summed E-state index contributed by atoms with van der Waals surface area (Å²) in [5.41, 5.74) is 3.69. The number of hydrogen-bond donors (Lipinski definition) is 0. The van der Waals surface area contributed by atoms with E-state index in [0.717, 1.165) is 28.8 Å². The van der Waals surface area contributed by atoms with Crippen LogP contribution in [0.3, 0.4) is 0 Å². The quantitative estimate of drug-likeness (QED) is 0.837. The fraction of sp³-hybridized carbons (Fsp3) is 0.286. The van der Waals surface area contributed by atoms with Gasteiger partial charge in [-0.2, -0.15) is 0 Å². The highest BCUT2D eigenvalue weighted by molar-refractivity contribution is 8.38. The summed E-state index contributed by atoms with van der Waals surface area (Å²) in [5.74, 6) is 2.06. The van der Waals surface area contributed by atoms with Crippen molar-refractivity contribution in [2.24, 2.45) is 4.99 Å². The smallest absolute Gasteiger partial charge is 0.125 e. The van der Waals surface area contributed by atoms with Gasteiger partial charge in [-0.15, -0.1) is 11.3 Å². The first kappa shape index (κ1) is 13.2. The fourth-order valence-electron chi connectivity index (χ4n) is 1.85. The molecule has 1 aliphatic rings. The lowest BCUT2D eigenvalue weighted by Crippen LogP contribution is -1.86. The number of nitrogens with zero attached hydrogens (tertiary/aromatic N) is 2. The van der Waals surface area contributed by atoms with E-state index in [1.54, 1.807) is 23.1 Å². The molecule has 2 heterocycles. The Morgan fingerprint density at radius 2 is 2.21 bits per heavy atom. The van der Waals surface area contributed by atoms with Gasteiger partial charge in [0, 0.05) is 22.4 Å². The van der Waals surface area contributed by atoms with Gasteiger partial charge in [-0.25, -0.2) is 4.98 Å². The van der Waals surface area contributed by atoms with Crippen LogP contribution in [0.15, 0.2) is 34.6 Å². The number of aromatic nitrogens is 1. The zero-order valence-electron chi connectivity index (χ0n) is 10.6. The van der Waals surface area contributed by atoms with Crippen LogP contribution in [0.2, 0.25) is 0 Å². The monoisotopic (exact) mass is 306 g/mol. The Bertz CT molecular complexity index is 604. The van der Waals surface area contributed by atoms with E-state index in [4.69, 9.17) is 4.98 Å². The molecule has 1 aromatic carbocycles. The first-order valence-electron chi connectivity index (χ1n) is 6.13. The molecule has 3 rings (SSSR count). The molecular formula is C14H14N2S3. The second-order valence-electron chi connectivity index (χ2n) is 4.24. The van der Waals surface area contributed by atoms with Gasteiger partial charge in [-0.3, -0.25) is 4.99 Å². The predicted molar refractivity (Wildman–Crippen MR) is 88.3 cm³/mol. The maximum atomic E-state index is 4.74. The molecule has 1 aromatic heterocycles. The number of thiazole rings is 1. The van der Waals surface area contributed by atoms with Crippen molar-refractivity contribution >= 4 is 39.2 Å². The van der Waals surface area contributed by atoms with E-state index in [0.29, 0.717) is 0 Å². The minimum Gasteiger partial charge on any atom is -0.271 e. The molecule has 0 bridgehead atoms. The molecule has 0 unspecified atom stereocenters. The molecule has 98 valence electrons. The number of hydrogen-bond acceptors (Lipinski definition) is 5. The van der Waals surface area contributed by atoms with Crippen molar-refractivity contribution in [2.75, 3.05) is 12.3 Å². The second kappa shape index (κ2) is 6.11. The molecule has 0 saturated carbocycles. The van der Waals surface area contributed by atoms with Crippen molar-refractivity contribution in [3.63, 3.8) is 0 Å². The molecular weight excluding hydrogens is 292 g/mol. The normalized spacial score (nSPS) is 14.7. The molecule has 0 spiro atoms. The van der Waals surface area contributed by atoms with Crippen LogP contribution in [-0.4, -0.2) is 21.7 Å². The third-order valence-electron chi connectivity index (χ3n) is 2.83. The van der Waals surface area contributed by atoms with E-state index in [2.05, 4.69) is 41.6 Å². The Morgan fingerprint density at radius 3 is 3.00 bits per heavy atom. The lowest BCUT2D eigenvalue weighted by Gasteiger charge is -2.00. The highest BCUT2D eigenvalue weighted by Gasteiger charge is 2.10. The van der Waals surface area contributed by atoms with Gasteiger partial charge < -0.3 is 0 Å². The second-order valence-corrected chi connectivity index (χ2v) is 7.41. The first-order valence-corrected chi connectivity index (χ1v) is 8.98. The van der Waals surface area contributed by atoms with Gasteiger partial charge in [0.05, 0.1) is 12.2 Å². The number of thioether (sulfide) groups is 2. The molecule has 19 heavy (non-hydrogen) atoms. The summed E-state index contributed by atoms with van der Waals surface area (Å²) in [6.07, 6.45) is 0. The third kappa shape index (κ3) is 3.22. The topological polar surface area (TPSA) is 25.2 Å². The van der Waals surface area contributed by atoms with E-state index in [9.17, 15) is 0 Å². The molecule has 0 aliphatic carbocycles. The van der Waals surface area contributed by atoms with Gasteiger partial charge in [0.15, 0.2) is 0 Å². The van der Waals surface area contributed by atoms with Crippen molar-refractivity contribution in [2.45, 2.75) is 12.7 Å². The summed E-state index contributed by atoms with van der Waals surface area (Å²) in [6, 6.07) is 8.41. The van der Waals surface area contributed by atoms with E-state index in [1.165, 1.54) is 15.5 Å². The van der Waals surface area contributed by atoms with Crippen molar-refractivity contribution in [1.29, 1.82) is 0 Å². The summed E-state index contributed by atoms with van der Waals surface area (Å²) in [5, 5.41) is 3.28. The van der Waals surface area contributed by atoms with Crippen LogP contribution in [0.1, 0.15) is 11.3 Å². The molecule has 5 heteroatoms. The molecule has 0 radical (unpaired) electrons. The Hall–Kier alpha value is -0.780. The molecule has 2 aromatic rings. The molecule has 0 saturated heterocycles. The summed E-state index contributed by atoms with van der Waals surface area (Å²) in [7, 11) is 0. The first-order chi connectivity index (χ1) is 9.33. The van der Waals surface area contributed by atoms with Crippen LogP contribution in [-0.2, 0) is 5.75 Å². The van der Waals surface area contributed by atoms with Gasteiger partial charge in [-0.1, -0.05) is 47.8 Å². The van der Waals surface area contributed by atoms with Crippen LogP contribution in [0.25, 0.3) is 10.6 Å². The fourth-order valence-corrected chi connectivity index (χ4v) is 4.77. The number of benzene rings is 1. The highest BCUT2D eigenvalue weighted by Crippen LogP contribution is 2.30. The van der Waals surface area contributed by atoms with Crippen LogP contribution >= 0.6 is 34.9 Å². The van der Waals surface area contributed by atoms with Crippen LogP contribution in [0, 0.1) is 6.92 Å². The molecule has 2 nitrogen and oxygen atoms in total. The van der Waals surface area contributed by atoms with Gasteiger partial charge in [0.1, 0.15) is 9.38 Å². The average Bonchev–Trinajstić information content (AvgIpc) is 3.08. The van der Waals surface area contributed by atoms with Crippen molar-refractivity contribution in [3.05, 3.63) is 40.9 Å². The number of aliphatic imine (C=N–C) groups is 1. The molecule has 1 aliphatic heterocycles. The maximum absolute atomic E-state index is 4.74. The summed E-state index contributed by atoms with van der Waals surface area (Å²) < 4.78 is 1.21. The van der Waals surface area contributed by atoms with Crippen LogP contribution in [0.4, 0.5) is 0 Å². The van der Waals surface area contributed by atoms with E-state index < -0.39 is 0 Å². The standard InChI is InChI=1S/C14H14N2S3/c1-10-4-2-3-5-12(10)13-16-11(8-18-13)9-19-14-15-6-7-17-14/h2-5,8H,6-7,9H2,1H3. The Balaban J connectivity index is 1.71. The van der Waals surface area contributed by atoms with Gasteiger partial charge >= 0.3 is 0 Å². The minimum atomic E-state index is 0.925. The van der Waals surface area contributed by atoms with Crippen molar-refractivity contribution in [3.8, 4) is 10.6 Å². The Kier molecular flexibility index (Phi) is 4.25. The Morgan fingerprint density at radius 1 is 1.32 bits per heavy atom. The number of rotatable bonds is 3. The largest absolute Gasteiger partial charge is 0.271 e. The molecule has 0 N–H and O–H groups in total. The SMILES string of the molecule is Cc1ccccc1-c1nc(CSC2=NCCS2)cs1. The summed E-state index contributed by atoms with van der Waals surface area (Å²) in [6.45, 7) is 3.10. The summed E-state index contributed by atoms with van der Waals surface area (Å²) >= 11 is 5.39. The average molecular weight is 306 g/mol. The highest BCUT2D eigenvalue weighted by atomic mass is 32.2. The lowest BCUT2D eigenvalue weighted by atomic mass is 10.1. The minimum absolute atomic E-state index is 0.925. The Labute approximate surface area is 125 Å². The zero-order valence-corrected chi connectivity index (χ0v) is 13.1. The third-order valence-corrected chi connectivity index (χ3v) is 6.04. The van der Waals surface area contributed by atoms with Crippen LogP contribution < -0.4 is 0 Å². The van der Waals surface area contributed by atoms with Gasteiger partial charge in [-0.05, 0) is 12.5 Å². The molecule has 0 fully saturated rings. The molecule has 0 amide bonds. The van der Waals surface area contributed by atoms with E-state index in [-0.39, 0.29) is 0 Å². The molecule has 0 atom stereocenters. The van der Waals surface area contributed by atoms with Crippen molar-refractivity contribution in [1.82, 2.24) is 4.98 Å². The van der Waals surface area contributed by atoms with Gasteiger partial charge in [0.25, 0.3) is 0 Å². The predicted octanol–water partition coefficient (Wildman–Crippen LogP) is 4.45. The van der Waals surface area contributed by atoms with E-state index in [1.807, 2.05) is 11.8 Å². The van der Waals surface area contributed by atoms with Crippen LogP contribution in [0.5, 0.6) is 0 Å². The zero-order chi connectivity index (χ0) is 13.1. The van der Waals surface area contributed by atoms with E-state index >= 15 is 0 Å². The lowest BCUT2D eigenvalue weighted by molar-refractivity contribution is 1.18. The number of aryl methyl sites for hydroxylation is 1.